The number of nitrogens with two attached hydrogens (primary N) is 1. The highest BCUT2D eigenvalue weighted by molar-refractivity contribution is 5.79. The molecule has 2 aliphatic rings. The van der Waals surface area contributed by atoms with Gasteiger partial charge in [-0.1, -0.05) is 6.08 Å². The van der Waals surface area contributed by atoms with Crippen LogP contribution in [0.1, 0.15) is 37.3 Å². The number of alkyl halides is 3. The topological polar surface area (TPSA) is 108 Å². The summed E-state index contributed by atoms with van der Waals surface area (Å²) in [4.78, 5) is 16.4. The minimum atomic E-state index is -3.05. The van der Waals surface area contributed by atoms with Crippen molar-refractivity contribution in [3.05, 3.63) is 53.7 Å². The summed E-state index contributed by atoms with van der Waals surface area (Å²) >= 11 is 0. The standard InChI is InChI=1S/C24H24F4N2O5/c1-12(29)20-16(10-24(22(31)32)7-6-15(25)9-19(24)26)30-21(35-20)14-4-5-17(34-23(27)28)18(8-14)33-11-13-2-3-13/h4-9,12-13,19,23H,2-3,10-11,29H2,1H3,(H,31,32). The molecule has 4 rings (SSSR count). The van der Waals surface area contributed by atoms with E-state index in [0.717, 1.165) is 25.0 Å². The molecule has 1 aromatic carbocycles. The van der Waals surface area contributed by atoms with Crippen molar-refractivity contribution in [3.8, 4) is 23.0 Å². The molecule has 7 nitrogen and oxygen atoms in total. The van der Waals surface area contributed by atoms with E-state index in [1.165, 1.54) is 18.2 Å². The molecule has 1 fully saturated rings. The van der Waals surface area contributed by atoms with Crippen molar-refractivity contribution in [2.45, 2.75) is 45.0 Å². The van der Waals surface area contributed by atoms with Crippen LogP contribution in [-0.4, -0.2) is 35.4 Å². The molecule has 0 bridgehead atoms. The van der Waals surface area contributed by atoms with Gasteiger partial charge in [0.25, 0.3) is 0 Å². The number of nitrogens with zero attached hydrogens (tertiary/aromatic N) is 1. The van der Waals surface area contributed by atoms with E-state index in [4.69, 9.17) is 14.9 Å². The van der Waals surface area contributed by atoms with Crippen LogP contribution >= 0.6 is 0 Å². The largest absolute Gasteiger partial charge is 0.489 e. The fourth-order valence-electron chi connectivity index (χ4n) is 3.77. The Morgan fingerprint density at radius 3 is 2.69 bits per heavy atom. The summed E-state index contributed by atoms with van der Waals surface area (Å²) in [5.74, 6) is -2.01. The highest BCUT2D eigenvalue weighted by Crippen LogP contribution is 2.40. The summed E-state index contributed by atoms with van der Waals surface area (Å²) in [7, 11) is 0. The molecule has 0 aliphatic heterocycles. The van der Waals surface area contributed by atoms with E-state index in [2.05, 4.69) is 9.72 Å². The molecule has 188 valence electrons. The van der Waals surface area contributed by atoms with Gasteiger partial charge in [0, 0.05) is 12.0 Å². The predicted molar refractivity (Wildman–Crippen MR) is 116 cm³/mol. The van der Waals surface area contributed by atoms with Crippen molar-refractivity contribution >= 4 is 5.97 Å². The van der Waals surface area contributed by atoms with Gasteiger partial charge in [0.05, 0.1) is 18.3 Å². The number of rotatable bonds is 10. The van der Waals surface area contributed by atoms with E-state index in [0.29, 0.717) is 24.2 Å². The van der Waals surface area contributed by atoms with Crippen LogP contribution in [0.2, 0.25) is 0 Å². The first-order valence-corrected chi connectivity index (χ1v) is 11.0. The number of benzene rings is 1. The highest BCUT2D eigenvalue weighted by Gasteiger charge is 2.47. The van der Waals surface area contributed by atoms with Crippen molar-refractivity contribution in [2.75, 3.05) is 6.61 Å². The number of hydrogen-bond acceptors (Lipinski definition) is 6. The van der Waals surface area contributed by atoms with Gasteiger partial charge >= 0.3 is 12.6 Å². The molecule has 0 saturated heterocycles. The first-order chi connectivity index (χ1) is 16.6. The Morgan fingerprint density at radius 2 is 2.09 bits per heavy atom. The lowest BCUT2D eigenvalue weighted by molar-refractivity contribution is -0.148. The Hall–Kier alpha value is -3.34. The molecule has 11 heteroatoms. The van der Waals surface area contributed by atoms with E-state index in [1.807, 2.05) is 0 Å². The maximum absolute atomic E-state index is 14.8. The molecule has 2 aromatic rings. The highest BCUT2D eigenvalue weighted by atomic mass is 19.3. The molecule has 3 N–H and O–H groups in total. The smallest absolute Gasteiger partial charge is 0.387 e. The Labute approximate surface area is 198 Å². The Balaban J connectivity index is 1.69. The summed E-state index contributed by atoms with van der Waals surface area (Å²) in [5, 5.41) is 9.78. The maximum Gasteiger partial charge on any atom is 0.387 e. The van der Waals surface area contributed by atoms with Gasteiger partial charge < -0.3 is 24.7 Å². The Morgan fingerprint density at radius 1 is 1.34 bits per heavy atom. The molecule has 1 aromatic heterocycles. The SMILES string of the molecule is CC(N)c1oc(-c2ccc(OC(F)F)c(OCC3CC3)c2)nc1CC1(C(=O)O)C=CC(F)=CC1F. The van der Waals surface area contributed by atoms with Gasteiger partial charge in [-0.3, -0.25) is 4.79 Å². The average molecular weight is 496 g/mol. The van der Waals surface area contributed by atoms with E-state index >= 15 is 0 Å². The third-order valence-corrected chi connectivity index (χ3v) is 5.92. The van der Waals surface area contributed by atoms with Crippen molar-refractivity contribution in [1.29, 1.82) is 0 Å². The van der Waals surface area contributed by atoms with Gasteiger partial charge in [-0.05, 0) is 56.0 Å². The number of carbonyl (C=O) groups is 1. The van der Waals surface area contributed by atoms with Crippen LogP contribution in [0.25, 0.3) is 11.5 Å². The van der Waals surface area contributed by atoms with E-state index in [1.54, 1.807) is 6.92 Å². The number of allylic oxidation sites excluding steroid dienone is 3. The van der Waals surface area contributed by atoms with E-state index < -0.39 is 42.5 Å². The van der Waals surface area contributed by atoms with Crippen molar-refractivity contribution < 1.29 is 41.4 Å². The molecule has 2 aliphatic carbocycles. The number of carboxylic acids is 1. The lowest BCUT2D eigenvalue weighted by atomic mass is 9.75. The van der Waals surface area contributed by atoms with Gasteiger partial charge in [-0.15, -0.1) is 0 Å². The number of oxazole rings is 1. The normalized spacial score (nSPS) is 22.7. The van der Waals surface area contributed by atoms with Crippen LogP contribution < -0.4 is 15.2 Å². The first-order valence-electron chi connectivity index (χ1n) is 11.0. The molecule has 35 heavy (non-hydrogen) atoms. The van der Waals surface area contributed by atoms with Gasteiger partial charge in [0.15, 0.2) is 11.5 Å². The number of aromatic nitrogens is 1. The third kappa shape index (κ3) is 5.34. The van der Waals surface area contributed by atoms with Crippen molar-refractivity contribution in [3.63, 3.8) is 0 Å². The molecule has 0 radical (unpaired) electrons. The molecule has 1 heterocycles. The molecule has 1 saturated carbocycles. The third-order valence-electron chi connectivity index (χ3n) is 5.92. The van der Waals surface area contributed by atoms with Crippen molar-refractivity contribution in [2.24, 2.45) is 17.1 Å². The summed E-state index contributed by atoms with van der Waals surface area (Å²) < 4.78 is 69.9. The lowest BCUT2D eigenvalue weighted by Crippen LogP contribution is -2.41. The number of halogens is 4. The van der Waals surface area contributed by atoms with Crippen LogP contribution in [0.4, 0.5) is 17.6 Å². The molecule has 0 amide bonds. The van der Waals surface area contributed by atoms with Crippen LogP contribution in [0.15, 0.2) is 46.7 Å². The summed E-state index contributed by atoms with van der Waals surface area (Å²) in [6, 6.07) is 3.39. The molecule has 0 spiro atoms. The fourth-order valence-corrected chi connectivity index (χ4v) is 3.77. The fraction of sp³-hybridized carbons (Fsp3) is 0.417. The molecule has 3 atom stereocenters. The minimum absolute atomic E-state index is 0.00428. The van der Waals surface area contributed by atoms with Gasteiger partial charge in [0.2, 0.25) is 5.89 Å². The second-order valence-corrected chi connectivity index (χ2v) is 8.72. The van der Waals surface area contributed by atoms with E-state index in [-0.39, 0.29) is 28.8 Å². The number of hydrogen-bond donors (Lipinski definition) is 2. The lowest BCUT2D eigenvalue weighted by Gasteiger charge is -2.29. The number of aliphatic carboxylic acids is 1. The Kier molecular flexibility index (Phi) is 6.88. The zero-order valence-corrected chi connectivity index (χ0v) is 18.7. The van der Waals surface area contributed by atoms with Crippen LogP contribution in [0, 0.1) is 11.3 Å². The maximum atomic E-state index is 14.8. The quantitative estimate of drug-likeness (QED) is 0.439. The van der Waals surface area contributed by atoms with E-state index in [9.17, 15) is 27.5 Å². The van der Waals surface area contributed by atoms with Gasteiger partial charge in [0.1, 0.15) is 23.2 Å². The monoisotopic (exact) mass is 496 g/mol. The second-order valence-electron chi connectivity index (χ2n) is 8.72. The molecular weight excluding hydrogens is 472 g/mol. The minimum Gasteiger partial charge on any atom is -0.489 e. The second kappa shape index (κ2) is 9.73. The number of carboxylic acid groups (broad SMARTS) is 1. The first kappa shape index (κ1) is 24.8. The van der Waals surface area contributed by atoms with Crippen LogP contribution in [0.3, 0.4) is 0 Å². The number of ether oxygens (including phenoxy) is 2. The van der Waals surface area contributed by atoms with Crippen LogP contribution in [-0.2, 0) is 11.2 Å². The molecular formula is C24H24F4N2O5. The van der Waals surface area contributed by atoms with Crippen LogP contribution in [0.5, 0.6) is 11.5 Å². The summed E-state index contributed by atoms with van der Waals surface area (Å²) in [5.41, 5.74) is 4.29. The summed E-state index contributed by atoms with van der Waals surface area (Å²) in [6.45, 7) is -1.14. The summed E-state index contributed by atoms with van der Waals surface area (Å²) in [6.07, 6.45) is 1.80. The Bertz CT molecular complexity index is 1160. The van der Waals surface area contributed by atoms with Gasteiger partial charge in [-0.25, -0.2) is 13.8 Å². The average Bonchev–Trinajstić information content (AvgIpc) is 3.52. The van der Waals surface area contributed by atoms with Crippen molar-refractivity contribution in [1.82, 2.24) is 4.98 Å². The zero-order chi connectivity index (χ0) is 25.3. The zero-order valence-electron chi connectivity index (χ0n) is 18.7. The van der Waals surface area contributed by atoms with Gasteiger partial charge in [-0.2, -0.15) is 8.78 Å². The predicted octanol–water partition coefficient (Wildman–Crippen LogP) is 5.13. The molecule has 3 unspecified atom stereocenters.